The van der Waals surface area contributed by atoms with Gasteiger partial charge in [0.05, 0.1) is 14.2 Å². The summed E-state index contributed by atoms with van der Waals surface area (Å²) in [4.78, 5) is 0. The fourth-order valence-corrected chi connectivity index (χ4v) is 2.39. The predicted octanol–water partition coefficient (Wildman–Crippen LogP) is 3.45. The molecule has 2 aromatic rings. The van der Waals surface area contributed by atoms with Crippen LogP contribution >= 0.6 is 0 Å². The Hall–Kier alpha value is -2.00. The van der Waals surface area contributed by atoms with Crippen molar-refractivity contribution in [1.82, 2.24) is 0 Å². The zero-order valence-electron chi connectivity index (χ0n) is 12.5. The Morgan fingerprint density at radius 3 is 2.35 bits per heavy atom. The van der Waals surface area contributed by atoms with Crippen LogP contribution in [0.25, 0.3) is 11.1 Å². The summed E-state index contributed by atoms with van der Waals surface area (Å²) in [5, 5.41) is 0. The van der Waals surface area contributed by atoms with Crippen molar-refractivity contribution in [3.8, 4) is 22.6 Å². The van der Waals surface area contributed by atoms with Gasteiger partial charge < -0.3 is 15.2 Å². The van der Waals surface area contributed by atoms with Crippen LogP contribution in [0.1, 0.15) is 16.7 Å². The van der Waals surface area contributed by atoms with Gasteiger partial charge in [-0.1, -0.05) is 18.2 Å². The van der Waals surface area contributed by atoms with Crippen molar-refractivity contribution in [3.05, 3.63) is 47.0 Å². The third-order valence-corrected chi connectivity index (χ3v) is 3.69. The Morgan fingerprint density at radius 1 is 1.00 bits per heavy atom. The van der Waals surface area contributed by atoms with E-state index in [1.54, 1.807) is 14.2 Å². The van der Waals surface area contributed by atoms with E-state index in [0.29, 0.717) is 6.54 Å². The van der Waals surface area contributed by atoms with Crippen molar-refractivity contribution in [2.75, 3.05) is 14.2 Å². The normalized spacial score (nSPS) is 10.4. The quantitative estimate of drug-likeness (QED) is 0.926. The summed E-state index contributed by atoms with van der Waals surface area (Å²) in [5.41, 5.74) is 11.3. The van der Waals surface area contributed by atoms with Crippen molar-refractivity contribution in [2.24, 2.45) is 5.73 Å². The molecule has 0 spiro atoms. The van der Waals surface area contributed by atoms with Crippen LogP contribution < -0.4 is 15.2 Å². The van der Waals surface area contributed by atoms with Gasteiger partial charge in [0, 0.05) is 17.7 Å². The minimum Gasteiger partial charge on any atom is -0.496 e. The van der Waals surface area contributed by atoms with E-state index in [9.17, 15) is 0 Å². The number of hydrogen-bond donors (Lipinski definition) is 1. The Kier molecular flexibility index (Phi) is 4.30. The molecular formula is C17H21NO2. The minimum absolute atomic E-state index is 0.449. The first-order chi connectivity index (χ1) is 9.62. The molecule has 106 valence electrons. The fourth-order valence-electron chi connectivity index (χ4n) is 2.39. The van der Waals surface area contributed by atoms with Gasteiger partial charge in [0.2, 0.25) is 0 Å². The molecule has 0 saturated heterocycles. The molecule has 0 saturated carbocycles. The molecule has 2 aromatic carbocycles. The Morgan fingerprint density at radius 2 is 1.75 bits per heavy atom. The van der Waals surface area contributed by atoms with Crippen LogP contribution in [0.2, 0.25) is 0 Å². The van der Waals surface area contributed by atoms with Crippen molar-refractivity contribution in [1.29, 1.82) is 0 Å². The van der Waals surface area contributed by atoms with E-state index in [0.717, 1.165) is 33.8 Å². The molecule has 3 nitrogen and oxygen atoms in total. The van der Waals surface area contributed by atoms with Gasteiger partial charge in [-0.3, -0.25) is 0 Å². The van der Waals surface area contributed by atoms with Gasteiger partial charge in [-0.25, -0.2) is 0 Å². The smallest absolute Gasteiger partial charge is 0.129 e. The highest BCUT2D eigenvalue weighted by atomic mass is 16.5. The minimum atomic E-state index is 0.449. The Balaban J connectivity index is 2.60. The van der Waals surface area contributed by atoms with Crippen molar-refractivity contribution < 1.29 is 9.47 Å². The molecular weight excluding hydrogens is 250 g/mol. The number of aryl methyl sites for hydroxylation is 1. The number of benzene rings is 2. The predicted molar refractivity (Wildman–Crippen MR) is 82.3 cm³/mol. The van der Waals surface area contributed by atoms with Crippen molar-refractivity contribution >= 4 is 0 Å². The Bertz CT molecular complexity index is 621. The summed E-state index contributed by atoms with van der Waals surface area (Å²) in [5.74, 6) is 1.73. The molecule has 2 N–H and O–H groups in total. The molecule has 0 aliphatic carbocycles. The molecule has 20 heavy (non-hydrogen) atoms. The summed E-state index contributed by atoms with van der Waals surface area (Å²) in [6.45, 7) is 4.61. The van der Waals surface area contributed by atoms with Gasteiger partial charge >= 0.3 is 0 Å². The van der Waals surface area contributed by atoms with Crippen LogP contribution in [0.15, 0.2) is 30.3 Å². The third kappa shape index (κ3) is 2.49. The standard InChI is InChI=1S/C17H21NO2/c1-11-5-7-15(17(20-4)12(11)2)13-6-8-16(19-3)14(9-13)10-18/h5-9H,10,18H2,1-4H3. The SMILES string of the molecule is COc1ccc(-c2ccc(C)c(C)c2OC)cc1CN. The monoisotopic (exact) mass is 271 g/mol. The van der Waals surface area contributed by atoms with Gasteiger partial charge in [-0.2, -0.15) is 0 Å². The first kappa shape index (κ1) is 14.4. The molecule has 3 heteroatoms. The van der Waals surface area contributed by atoms with E-state index in [2.05, 4.69) is 32.0 Å². The molecule has 2 rings (SSSR count). The maximum atomic E-state index is 5.79. The fraction of sp³-hybridized carbons (Fsp3) is 0.294. The molecule has 0 atom stereocenters. The van der Waals surface area contributed by atoms with E-state index in [1.165, 1.54) is 5.56 Å². The number of ether oxygens (including phenoxy) is 2. The first-order valence-electron chi connectivity index (χ1n) is 6.64. The van der Waals surface area contributed by atoms with Crippen LogP contribution in [0.5, 0.6) is 11.5 Å². The van der Waals surface area contributed by atoms with Crippen LogP contribution in [0.4, 0.5) is 0 Å². The topological polar surface area (TPSA) is 44.5 Å². The summed E-state index contributed by atoms with van der Waals surface area (Å²) in [6.07, 6.45) is 0. The second-order valence-corrected chi connectivity index (χ2v) is 4.82. The highest BCUT2D eigenvalue weighted by Crippen LogP contribution is 2.36. The number of nitrogens with two attached hydrogens (primary N) is 1. The zero-order chi connectivity index (χ0) is 14.7. The van der Waals surface area contributed by atoms with Crippen LogP contribution in [0.3, 0.4) is 0 Å². The van der Waals surface area contributed by atoms with Crippen LogP contribution in [-0.4, -0.2) is 14.2 Å². The number of rotatable bonds is 4. The van der Waals surface area contributed by atoms with Crippen molar-refractivity contribution in [2.45, 2.75) is 20.4 Å². The van der Waals surface area contributed by atoms with Gasteiger partial charge in [0.1, 0.15) is 11.5 Å². The Labute approximate surface area is 120 Å². The highest BCUT2D eigenvalue weighted by Gasteiger charge is 2.12. The molecule has 0 bridgehead atoms. The second kappa shape index (κ2) is 5.97. The number of methoxy groups -OCH3 is 2. The second-order valence-electron chi connectivity index (χ2n) is 4.82. The van der Waals surface area contributed by atoms with Crippen molar-refractivity contribution in [3.63, 3.8) is 0 Å². The third-order valence-electron chi connectivity index (χ3n) is 3.69. The van der Waals surface area contributed by atoms with Gasteiger partial charge in [-0.15, -0.1) is 0 Å². The maximum Gasteiger partial charge on any atom is 0.129 e. The molecule has 0 unspecified atom stereocenters. The molecule has 0 aromatic heterocycles. The molecule has 0 aliphatic heterocycles. The lowest BCUT2D eigenvalue weighted by Gasteiger charge is -2.15. The lowest BCUT2D eigenvalue weighted by atomic mass is 9.97. The lowest BCUT2D eigenvalue weighted by Crippen LogP contribution is -2.00. The van der Waals surface area contributed by atoms with E-state index in [1.807, 2.05) is 12.1 Å². The summed E-state index contributed by atoms with van der Waals surface area (Å²) >= 11 is 0. The molecule has 0 amide bonds. The molecule has 0 aliphatic rings. The largest absolute Gasteiger partial charge is 0.496 e. The van der Waals surface area contributed by atoms with E-state index < -0.39 is 0 Å². The molecule has 0 radical (unpaired) electrons. The zero-order valence-corrected chi connectivity index (χ0v) is 12.5. The van der Waals surface area contributed by atoms with Crippen LogP contribution in [-0.2, 0) is 6.54 Å². The van der Waals surface area contributed by atoms with E-state index in [-0.39, 0.29) is 0 Å². The lowest BCUT2D eigenvalue weighted by molar-refractivity contribution is 0.409. The summed E-state index contributed by atoms with van der Waals surface area (Å²) in [7, 11) is 3.36. The highest BCUT2D eigenvalue weighted by molar-refractivity contribution is 5.74. The molecule has 0 fully saturated rings. The number of hydrogen-bond acceptors (Lipinski definition) is 3. The summed E-state index contributed by atoms with van der Waals surface area (Å²) in [6, 6.07) is 10.2. The van der Waals surface area contributed by atoms with E-state index in [4.69, 9.17) is 15.2 Å². The summed E-state index contributed by atoms with van der Waals surface area (Å²) < 4.78 is 10.9. The first-order valence-corrected chi connectivity index (χ1v) is 6.64. The average molecular weight is 271 g/mol. The van der Waals surface area contributed by atoms with Crippen LogP contribution in [0, 0.1) is 13.8 Å². The van der Waals surface area contributed by atoms with Gasteiger partial charge in [-0.05, 0) is 42.7 Å². The van der Waals surface area contributed by atoms with E-state index >= 15 is 0 Å². The van der Waals surface area contributed by atoms with Gasteiger partial charge in [0.25, 0.3) is 0 Å². The maximum absolute atomic E-state index is 5.79. The van der Waals surface area contributed by atoms with Gasteiger partial charge in [0.15, 0.2) is 0 Å². The average Bonchev–Trinajstić information content (AvgIpc) is 2.49. The molecule has 0 heterocycles.